The Labute approximate surface area is 30.3 Å². The normalized spacial score (nSPS) is 5.80. The summed E-state index contributed by atoms with van der Waals surface area (Å²) in [6.07, 6.45) is -0.417. The Balaban J connectivity index is 4.25. The van der Waals surface area contributed by atoms with Crippen molar-refractivity contribution in [1.29, 1.82) is 0 Å². The minimum absolute atomic E-state index is 0.417. The molecule has 0 heterocycles. The first kappa shape index (κ1) is 4.81. The summed E-state index contributed by atoms with van der Waals surface area (Å²) >= 11 is 0. The summed E-state index contributed by atoms with van der Waals surface area (Å²) in [5, 5.41) is 0. The average Bonchev–Trinajstić information content (AvgIpc) is 1.38. The number of hydrogen-bond acceptors (Lipinski definition) is 2. The average molecular weight is 93.9 g/mol. The van der Waals surface area contributed by atoms with Crippen LogP contribution in [0.15, 0.2) is 0 Å². The van der Waals surface area contributed by atoms with Gasteiger partial charge in [0.15, 0.2) is 0 Å². The Morgan fingerprint density at radius 2 is 1.80 bits per heavy atom. The van der Waals surface area contributed by atoms with E-state index in [4.69, 9.17) is 8.42 Å². The minimum atomic E-state index is -2.61. The van der Waals surface area contributed by atoms with Gasteiger partial charge in [-0.25, -0.2) is 0 Å². The zero-order valence-electron chi connectivity index (χ0n) is 2.18. The molecule has 0 N–H and O–H groups in total. The van der Waals surface area contributed by atoms with Gasteiger partial charge in [0.2, 0.25) is 0 Å². The van der Waals surface area contributed by atoms with Crippen molar-refractivity contribution in [3.05, 3.63) is 0 Å². The van der Waals surface area contributed by atoms with Crippen molar-refractivity contribution >= 4 is 16.6 Å². The molecular weight excluding hydrogens is 93.9 g/mol. The van der Waals surface area contributed by atoms with Gasteiger partial charge < -0.3 is 0 Å². The third-order valence-electron chi connectivity index (χ3n) is 0.0727. The monoisotopic (exact) mass is 94.0 g/mol. The molecule has 0 saturated heterocycles. The Bertz CT molecular complexity index is 113. The molecular formula is BFO2S. The Kier molecular flexibility index (Phi) is 2.00. The zero-order valence-corrected chi connectivity index (χ0v) is 3.00. The van der Waals surface area contributed by atoms with Crippen LogP contribution in [0.25, 0.3) is 0 Å². The van der Waals surface area contributed by atoms with Gasteiger partial charge in [-0.05, 0) is 0 Å². The van der Waals surface area contributed by atoms with Crippen LogP contribution < -0.4 is 0 Å². The summed E-state index contributed by atoms with van der Waals surface area (Å²) in [6.45, 7) is 0. The van der Waals surface area contributed by atoms with E-state index in [1.54, 1.807) is 0 Å². The van der Waals surface area contributed by atoms with Crippen LogP contribution in [0.2, 0.25) is 0 Å². The first-order valence-electron chi connectivity index (χ1n) is 0.787. The molecule has 0 aromatic rings. The van der Waals surface area contributed by atoms with Crippen molar-refractivity contribution in [2.75, 3.05) is 0 Å². The van der Waals surface area contributed by atoms with Gasteiger partial charge in [0.05, 0.1) is 0 Å². The van der Waals surface area contributed by atoms with E-state index in [-0.39, 0.29) is 0 Å². The van der Waals surface area contributed by atoms with Gasteiger partial charge in [0.25, 0.3) is 0 Å². The third-order valence-corrected chi connectivity index (χ3v) is 0.218. The second kappa shape index (κ2) is 2.08. The molecule has 0 radical (unpaired) electrons. The summed E-state index contributed by atoms with van der Waals surface area (Å²) < 4.78 is 28.3. The van der Waals surface area contributed by atoms with Crippen molar-refractivity contribution in [3.63, 3.8) is 0 Å². The van der Waals surface area contributed by atoms with Crippen molar-refractivity contribution in [2.24, 2.45) is 0 Å². The van der Waals surface area contributed by atoms with Gasteiger partial charge in [-0.2, -0.15) is 0 Å². The van der Waals surface area contributed by atoms with E-state index in [1.807, 2.05) is 0 Å². The Hall–Kier alpha value is -0.185. The maximum absolute atomic E-state index is 10.4. The van der Waals surface area contributed by atoms with Crippen LogP contribution in [0, 0.1) is 0 Å². The molecule has 5 heteroatoms. The molecule has 0 saturated carbocycles. The van der Waals surface area contributed by atoms with Crippen LogP contribution in [-0.4, -0.2) is 14.8 Å². The van der Waals surface area contributed by atoms with E-state index in [9.17, 15) is 4.32 Å². The molecule has 0 aliphatic carbocycles. The van der Waals surface area contributed by atoms with Crippen LogP contribution in [0.5, 0.6) is 0 Å². The molecule has 0 fully saturated rings. The molecule has 0 spiro atoms. The topological polar surface area (TPSA) is 34.1 Å². The molecule has 0 bridgehead atoms. The summed E-state index contributed by atoms with van der Waals surface area (Å²) in [7, 11) is -2.61. The van der Waals surface area contributed by atoms with Crippen LogP contribution in [-0.2, 0) is 10.1 Å². The summed E-state index contributed by atoms with van der Waals surface area (Å²) in [5.41, 5.74) is 0. The second-order valence-corrected chi connectivity index (χ2v) is 1.05. The fourth-order valence-electron chi connectivity index (χ4n) is 0. The predicted octanol–water partition coefficient (Wildman–Crippen LogP) is -0.631. The zero-order chi connectivity index (χ0) is 4.28. The van der Waals surface area contributed by atoms with E-state index in [1.165, 1.54) is 0 Å². The quantitative estimate of drug-likeness (QED) is 0.374. The van der Waals surface area contributed by atoms with Gasteiger partial charge in [-0.1, -0.05) is 0 Å². The number of halogens is 1. The number of rotatable bonds is 0. The molecule has 0 aliphatic rings. The van der Waals surface area contributed by atoms with Crippen molar-refractivity contribution in [3.8, 4) is 0 Å². The molecule has 0 aromatic carbocycles. The van der Waals surface area contributed by atoms with Gasteiger partial charge in [0, 0.05) is 0 Å². The van der Waals surface area contributed by atoms with Crippen molar-refractivity contribution < 1.29 is 12.7 Å². The number of hydrogen-bond donors (Lipinski definition) is 0. The summed E-state index contributed by atoms with van der Waals surface area (Å²) in [5.74, 6) is 0. The predicted molar refractivity (Wildman–Crippen MR) is 15.8 cm³/mol. The molecule has 0 atom stereocenters. The third kappa shape index (κ3) is 3.81. The Morgan fingerprint density at radius 1 is 1.60 bits per heavy atom. The van der Waals surface area contributed by atoms with E-state index in [2.05, 4.69) is 0 Å². The van der Waals surface area contributed by atoms with Crippen molar-refractivity contribution in [1.82, 2.24) is 0 Å². The molecule has 0 amide bonds. The van der Waals surface area contributed by atoms with Gasteiger partial charge in [-0.15, -0.1) is 0 Å². The summed E-state index contributed by atoms with van der Waals surface area (Å²) in [4.78, 5) is 0. The SMILES string of the molecule is O=S(=O)=BF. The first-order chi connectivity index (χ1) is 2.27. The van der Waals surface area contributed by atoms with Crippen LogP contribution in [0.3, 0.4) is 0 Å². The molecule has 0 rings (SSSR count). The van der Waals surface area contributed by atoms with E-state index < -0.39 is 16.6 Å². The summed E-state index contributed by atoms with van der Waals surface area (Å²) in [6, 6.07) is 0. The van der Waals surface area contributed by atoms with E-state index >= 15 is 0 Å². The first-order valence-corrected chi connectivity index (χ1v) is 1.93. The van der Waals surface area contributed by atoms with Gasteiger partial charge >= 0.3 is 29.3 Å². The van der Waals surface area contributed by atoms with Crippen LogP contribution in [0.1, 0.15) is 0 Å². The van der Waals surface area contributed by atoms with E-state index in [0.29, 0.717) is 0 Å². The standard InChI is InChI=1S/BFO2S/c2-1-5(3)4. The molecule has 2 nitrogen and oxygen atoms in total. The molecule has 28 valence electrons. The molecule has 0 aromatic heterocycles. The van der Waals surface area contributed by atoms with E-state index in [0.717, 1.165) is 0 Å². The fraction of sp³-hybridized carbons (Fsp3) is 0. The molecule has 0 unspecified atom stereocenters. The van der Waals surface area contributed by atoms with Gasteiger partial charge in [0.1, 0.15) is 0 Å². The Morgan fingerprint density at radius 3 is 1.80 bits per heavy atom. The molecule has 0 aliphatic heterocycles. The fourth-order valence-corrected chi connectivity index (χ4v) is 0. The van der Waals surface area contributed by atoms with Crippen LogP contribution in [0.4, 0.5) is 4.32 Å². The van der Waals surface area contributed by atoms with Gasteiger partial charge in [-0.3, -0.25) is 0 Å². The van der Waals surface area contributed by atoms with Crippen LogP contribution >= 0.6 is 0 Å². The maximum atomic E-state index is 10.4. The second-order valence-electron chi connectivity index (χ2n) is 0.350. The van der Waals surface area contributed by atoms with Crippen molar-refractivity contribution in [2.45, 2.75) is 0 Å². The molecule has 5 heavy (non-hydrogen) atoms.